The SMILES string of the molecule is O=C(NCCN1CCS(=O)(=O)CC1)c1csc(Br)c1. The Morgan fingerprint density at radius 3 is 2.68 bits per heavy atom. The van der Waals surface area contributed by atoms with Crippen molar-refractivity contribution >= 4 is 43.0 Å². The maximum absolute atomic E-state index is 11.8. The summed E-state index contributed by atoms with van der Waals surface area (Å²) in [4.78, 5) is 13.8. The summed E-state index contributed by atoms with van der Waals surface area (Å²) in [6.07, 6.45) is 0. The molecular formula is C11H15BrN2O3S2. The molecule has 0 aromatic carbocycles. The second-order valence-electron chi connectivity index (χ2n) is 4.39. The third kappa shape index (κ3) is 4.55. The highest BCUT2D eigenvalue weighted by atomic mass is 79.9. The van der Waals surface area contributed by atoms with Gasteiger partial charge in [0.2, 0.25) is 0 Å². The zero-order chi connectivity index (χ0) is 13.9. The molecule has 2 heterocycles. The van der Waals surface area contributed by atoms with E-state index in [1.165, 1.54) is 11.3 Å². The van der Waals surface area contributed by atoms with E-state index in [1.807, 2.05) is 0 Å². The Labute approximate surface area is 125 Å². The van der Waals surface area contributed by atoms with Crippen LogP contribution in [0.1, 0.15) is 10.4 Å². The van der Waals surface area contributed by atoms with Crippen LogP contribution in [0.25, 0.3) is 0 Å². The summed E-state index contributed by atoms with van der Waals surface area (Å²) in [5.41, 5.74) is 0.651. The maximum atomic E-state index is 11.8. The van der Waals surface area contributed by atoms with Crippen LogP contribution in [0.2, 0.25) is 0 Å². The van der Waals surface area contributed by atoms with E-state index < -0.39 is 9.84 Å². The van der Waals surface area contributed by atoms with E-state index in [4.69, 9.17) is 0 Å². The van der Waals surface area contributed by atoms with E-state index in [0.29, 0.717) is 31.7 Å². The number of thiophene rings is 1. The van der Waals surface area contributed by atoms with Crippen LogP contribution in [-0.2, 0) is 9.84 Å². The molecule has 1 aromatic rings. The molecule has 0 atom stereocenters. The van der Waals surface area contributed by atoms with Crippen LogP contribution in [0.4, 0.5) is 0 Å². The summed E-state index contributed by atoms with van der Waals surface area (Å²) in [5, 5.41) is 4.63. The van der Waals surface area contributed by atoms with Crippen LogP contribution in [0, 0.1) is 0 Å². The van der Waals surface area contributed by atoms with E-state index in [9.17, 15) is 13.2 Å². The average molecular weight is 367 g/mol. The molecule has 0 bridgehead atoms. The molecule has 5 nitrogen and oxygen atoms in total. The summed E-state index contributed by atoms with van der Waals surface area (Å²) in [5.74, 6) is 0.350. The van der Waals surface area contributed by atoms with Crippen molar-refractivity contribution in [2.45, 2.75) is 0 Å². The van der Waals surface area contributed by atoms with Crippen LogP contribution >= 0.6 is 27.3 Å². The Balaban J connectivity index is 1.71. The predicted molar refractivity (Wildman–Crippen MR) is 79.4 cm³/mol. The highest BCUT2D eigenvalue weighted by Gasteiger charge is 2.21. The zero-order valence-corrected chi connectivity index (χ0v) is 13.5. The molecule has 2 rings (SSSR count). The number of hydrogen-bond donors (Lipinski definition) is 1. The largest absolute Gasteiger partial charge is 0.351 e. The first-order valence-electron chi connectivity index (χ1n) is 5.91. The second-order valence-corrected chi connectivity index (χ2v) is 8.98. The van der Waals surface area contributed by atoms with Crippen molar-refractivity contribution in [2.24, 2.45) is 0 Å². The number of carbonyl (C=O) groups excluding carboxylic acids is 1. The first-order valence-corrected chi connectivity index (χ1v) is 9.41. The summed E-state index contributed by atoms with van der Waals surface area (Å²) >= 11 is 4.79. The number of nitrogens with one attached hydrogen (secondary N) is 1. The van der Waals surface area contributed by atoms with Crippen molar-refractivity contribution in [3.05, 3.63) is 20.8 Å². The molecule has 1 aliphatic rings. The molecule has 0 saturated carbocycles. The topological polar surface area (TPSA) is 66.5 Å². The van der Waals surface area contributed by atoms with Crippen LogP contribution < -0.4 is 5.32 Å². The fourth-order valence-electron chi connectivity index (χ4n) is 1.83. The third-order valence-corrected chi connectivity index (χ3v) is 6.09. The fraction of sp³-hybridized carbons (Fsp3) is 0.545. The molecule has 0 aliphatic carbocycles. The molecule has 19 heavy (non-hydrogen) atoms. The van der Waals surface area contributed by atoms with Crippen molar-refractivity contribution in [1.82, 2.24) is 10.2 Å². The minimum atomic E-state index is -2.83. The van der Waals surface area contributed by atoms with Gasteiger partial charge in [-0.15, -0.1) is 11.3 Å². The van der Waals surface area contributed by atoms with Gasteiger partial charge in [0.25, 0.3) is 5.91 Å². The normalized spacial score (nSPS) is 19.2. The number of sulfone groups is 1. The van der Waals surface area contributed by atoms with Gasteiger partial charge in [-0.05, 0) is 22.0 Å². The first kappa shape index (κ1) is 15.0. The van der Waals surface area contributed by atoms with Crippen molar-refractivity contribution in [3.63, 3.8) is 0 Å². The molecule has 1 saturated heterocycles. The monoisotopic (exact) mass is 366 g/mol. The first-order chi connectivity index (χ1) is 8.96. The molecule has 8 heteroatoms. The third-order valence-electron chi connectivity index (χ3n) is 2.98. The Hall–Kier alpha value is -0.440. The number of nitrogens with zero attached hydrogens (tertiary/aromatic N) is 1. The van der Waals surface area contributed by atoms with Gasteiger partial charge in [0.1, 0.15) is 0 Å². The van der Waals surface area contributed by atoms with Crippen LogP contribution in [-0.4, -0.2) is 56.9 Å². The molecule has 1 aliphatic heterocycles. The van der Waals surface area contributed by atoms with Crippen LogP contribution in [0.3, 0.4) is 0 Å². The smallest absolute Gasteiger partial charge is 0.252 e. The molecule has 106 valence electrons. The zero-order valence-electron chi connectivity index (χ0n) is 10.3. The van der Waals surface area contributed by atoms with Crippen molar-refractivity contribution in [3.8, 4) is 0 Å². The lowest BCUT2D eigenvalue weighted by atomic mass is 10.3. The summed E-state index contributed by atoms with van der Waals surface area (Å²) in [7, 11) is -2.83. The van der Waals surface area contributed by atoms with E-state index in [2.05, 4.69) is 26.1 Å². The van der Waals surface area contributed by atoms with Gasteiger partial charge in [0.15, 0.2) is 9.84 Å². The molecule has 0 unspecified atom stereocenters. The standard InChI is InChI=1S/C11H15BrN2O3S2/c12-10-7-9(8-18-10)11(15)13-1-2-14-3-5-19(16,17)6-4-14/h7-8H,1-6H2,(H,13,15). The summed E-state index contributed by atoms with van der Waals surface area (Å²) < 4.78 is 23.5. The van der Waals surface area contributed by atoms with E-state index in [0.717, 1.165) is 3.79 Å². The van der Waals surface area contributed by atoms with E-state index >= 15 is 0 Å². The van der Waals surface area contributed by atoms with E-state index in [1.54, 1.807) is 11.4 Å². The van der Waals surface area contributed by atoms with Gasteiger partial charge in [0, 0.05) is 31.6 Å². The Morgan fingerprint density at radius 2 is 2.11 bits per heavy atom. The molecule has 0 radical (unpaired) electrons. The number of rotatable bonds is 4. The van der Waals surface area contributed by atoms with Crippen molar-refractivity contribution < 1.29 is 13.2 Å². The van der Waals surface area contributed by atoms with Gasteiger partial charge in [-0.1, -0.05) is 0 Å². The van der Waals surface area contributed by atoms with Crippen LogP contribution in [0.5, 0.6) is 0 Å². The molecular weight excluding hydrogens is 352 g/mol. The lowest BCUT2D eigenvalue weighted by Gasteiger charge is -2.26. The Bertz CT molecular complexity index is 542. The van der Waals surface area contributed by atoms with Gasteiger partial charge in [0.05, 0.1) is 20.9 Å². The molecule has 1 fully saturated rings. The minimum absolute atomic E-state index is 0.0911. The van der Waals surface area contributed by atoms with Crippen molar-refractivity contribution in [1.29, 1.82) is 0 Å². The number of amides is 1. The number of carbonyl (C=O) groups is 1. The lowest BCUT2D eigenvalue weighted by molar-refractivity contribution is 0.0949. The van der Waals surface area contributed by atoms with E-state index in [-0.39, 0.29) is 17.4 Å². The Morgan fingerprint density at radius 1 is 1.42 bits per heavy atom. The van der Waals surface area contributed by atoms with Gasteiger partial charge < -0.3 is 5.32 Å². The summed E-state index contributed by atoms with van der Waals surface area (Å²) in [6, 6.07) is 1.79. The number of hydrogen-bond acceptors (Lipinski definition) is 5. The average Bonchev–Trinajstić information content (AvgIpc) is 2.78. The van der Waals surface area contributed by atoms with Gasteiger partial charge in [-0.2, -0.15) is 0 Å². The predicted octanol–water partition coefficient (Wildman–Crippen LogP) is 0.971. The fourth-order valence-corrected chi connectivity index (χ4v) is 4.25. The molecule has 1 amide bonds. The van der Waals surface area contributed by atoms with Gasteiger partial charge >= 0.3 is 0 Å². The van der Waals surface area contributed by atoms with Gasteiger partial charge in [-0.3, -0.25) is 9.69 Å². The highest BCUT2D eigenvalue weighted by Crippen LogP contribution is 2.20. The molecule has 1 aromatic heterocycles. The van der Waals surface area contributed by atoms with Crippen LogP contribution in [0.15, 0.2) is 15.2 Å². The minimum Gasteiger partial charge on any atom is -0.351 e. The molecule has 1 N–H and O–H groups in total. The lowest BCUT2D eigenvalue weighted by Crippen LogP contribution is -2.43. The highest BCUT2D eigenvalue weighted by molar-refractivity contribution is 9.11. The van der Waals surface area contributed by atoms with Gasteiger partial charge in [-0.25, -0.2) is 8.42 Å². The molecule has 0 spiro atoms. The maximum Gasteiger partial charge on any atom is 0.252 e. The Kier molecular flexibility index (Phi) is 4.99. The second kappa shape index (κ2) is 6.34. The quantitative estimate of drug-likeness (QED) is 0.861. The summed E-state index contributed by atoms with van der Waals surface area (Å²) in [6.45, 7) is 2.34. The van der Waals surface area contributed by atoms with Crippen molar-refractivity contribution in [2.75, 3.05) is 37.7 Å². The number of halogens is 1.